The highest BCUT2D eigenvalue weighted by Crippen LogP contribution is 2.22. The quantitative estimate of drug-likeness (QED) is 0.870. The molecule has 2 aromatic rings. The number of carbonyl (C=O) groups excluding carboxylic acids is 2. The molecule has 2 N–H and O–H groups in total. The van der Waals surface area contributed by atoms with Crippen LogP contribution in [-0.4, -0.2) is 43.1 Å². The predicted octanol–water partition coefficient (Wildman–Crippen LogP) is 3.43. The highest BCUT2D eigenvalue weighted by molar-refractivity contribution is 5.98. The molecule has 0 radical (unpaired) electrons. The van der Waals surface area contributed by atoms with Crippen LogP contribution in [0.1, 0.15) is 28.8 Å². The third-order valence-corrected chi connectivity index (χ3v) is 4.82. The van der Waals surface area contributed by atoms with Crippen LogP contribution in [0.3, 0.4) is 0 Å². The van der Waals surface area contributed by atoms with Crippen molar-refractivity contribution in [3.63, 3.8) is 0 Å². The predicted molar refractivity (Wildman–Crippen MR) is 105 cm³/mol. The van der Waals surface area contributed by atoms with Crippen molar-refractivity contribution in [1.82, 2.24) is 10.2 Å². The van der Waals surface area contributed by atoms with E-state index in [0.29, 0.717) is 24.3 Å². The monoisotopic (exact) mass is 367 g/mol. The molecule has 1 fully saturated rings. The van der Waals surface area contributed by atoms with E-state index in [1.165, 1.54) is 0 Å². The molecule has 0 atom stereocenters. The van der Waals surface area contributed by atoms with Crippen molar-refractivity contribution in [3.05, 3.63) is 59.7 Å². The van der Waals surface area contributed by atoms with Crippen LogP contribution in [0, 0.1) is 6.92 Å². The average molecular weight is 367 g/mol. The van der Waals surface area contributed by atoms with Gasteiger partial charge in [-0.25, -0.2) is 4.79 Å². The number of carbonyl (C=O) groups is 2. The molecule has 1 saturated heterocycles. The van der Waals surface area contributed by atoms with E-state index in [2.05, 4.69) is 10.6 Å². The van der Waals surface area contributed by atoms with Crippen LogP contribution in [0.25, 0.3) is 0 Å². The Kier molecular flexibility index (Phi) is 5.96. The molecule has 1 aliphatic rings. The van der Waals surface area contributed by atoms with E-state index in [-0.39, 0.29) is 18.0 Å². The van der Waals surface area contributed by atoms with Crippen molar-refractivity contribution in [2.45, 2.75) is 25.9 Å². The minimum atomic E-state index is -0.164. The summed E-state index contributed by atoms with van der Waals surface area (Å²) in [6.07, 6.45) is 1.70. The maximum Gasteiger partial charge on any atom is 0.321 e. The van der Waals surface area contributed by atoms with E-state index in [1.807, 2.05) is 43.3 Å². The number of urea groups is 1. The fourth-order valence-electron chi connectivity index (χ4n) is 3.21. The number of nitrogens with zero attached hydrogens (tertiary/aromatic N) is 1. The zero-order valence-corrected chi connectivity index (χ0v) is 15.7. The van der Waals surface area contributed by atoms with Crippen LogP contribution in [0.4, 0.5) is 10.5 Å². The summed E-state index contributed by atoms with van der Waals surface area (Å²) in [7, 11) is 1.59. The minimum Gasteiger partial charge on any atom is -0.490 e. The van der Waals surface area contributed by atoms with Gasteiger partial charge in [-0.3, -0.25) is 4.79 Å². The molecule has 0 aliphatic carbocycles. The Labute approximate surface area is 159 Å². The minimum absolute atomic E-state index is 0.120. The summed E-state index contributed by atoms with van der Waals surface area (Å²) in [4.78, 5) is 26.3. The summed E-state index contributed by atoms with van der Waals surface area (Å²) in [5, 5.41) is 5.54. The molecule has 6 nitrogen and oxygen atoms in total. The third kappa shape index (κ3) is 4.58. The summed E-state index contributed by atoms with van der Waals surface area (Å²) in [6.45, 7) is 3.11. The van der Waals surface area contributed by atoms with Gasteiger partial charge in [-0.1, -0.05) is 24.3 Å². The fourth-order valence-corrected chi connectivity index (χ4v) is 3.21. The number of ether oxygens (including phenoxy) is 1. The molecule has 3 amide bonds. The van der Waals surface area contributed by atoms with Crippen molar-refractivity contribution in [3.8, 4) is 5.75 Å². The lowest BCUT2D eigenvalue weighted by Gasteiger charge is -2.32. The van der Waals surface area contributed by atoms with Gasteiger partial charge in [0.25, 0.3) is 5.91 Å². The number of anilines is 1. The van der Waals surface area contributed by atoms with Crippen LogP contribution in [0.2, 0.25) is 0 Å². The lowest BCUT2D eigenvalue weighted by molar-refractivity contribution is 0.0962. The first-order chi connectivity index (χ1) is 13.1. The smallest absolute Gasteiger partial charge is 0.321 e. The van der Waals surface area contributed by atoms with Gasteiger partial charge in [0.1, 0.15) is 11.9 Å². The number of hydrogen-bond donors (Lipinski definition) is 2. The van der Waals surface area contributed by atoms with Crippen LogP contribution in [0.5, 0.6) is 5.75 Å². The molecule has 6 heteroatoms. The van der Waals surface area contributed by atoms with Crippen molar-refractivity contribution in [1.29, 1.82) is 0 Å². The van der Waals surface area contributed by atoms with Crippen LogP contribution < -0.4 is 15.4 Å². The van der Waals surface area contributed by atoms with Crippen LogP contribution in [0.15, 0.2) is 48.5 Å². The van der Waals surface area contributed by atoms with Gasteiger partial charge >= 0.3 is 6.03 Å². The SMILES string of the molecule is CNC(=O)c1cccc(NC(=O)N2CCC(Oc3ccccc3)CC2)c1C. The van der Waals surface area contributed by atoms with E-state index in [0.717, 1.165) is 24.2 Å². The maximum absolute atomic E-state index is 12.6. The second-order valence-corrected chi connectivity index (χ2v) is 6.60. The maximum atomic E-state index is 12.6. The number of piperidine rings is 1. The molecule has 0 bridgehead atoms. The van der Waals surface area contributed by atoms with Crippen LogP contribution >= 0.6 is 0 Å². The van der Waals surface area contributed by atoms with E-state index in [1.54, 1.807) is 24.1 Å². The van der Waals surface area contributed by atoms with Gasteiger partial charge in [0.15, 0.2) is 0 Å². The Morgan fingerprint density at radius 3 is 2.41 bits per heavy atom. The number of rotatable bonds is 4. The molecule has 142 valence electrons. The van der Waals surface area contributed by atoms with Crippen molar-refractivity contribution in [2.75, 3.05) is 25.5 Å². The van der Waals surface area contributed by atoms with Gasteiger partial charge in [-0.15, -0.1) is 0 Å². The second kappa shape index (κ2) is 8.58. The molecule has 0 spiro atoms. The van der Waals surface area contributed by atoms with Crippen molar-refractivity contribution in [2.24, 2.45) is 0 Å². The second-order valence-electron chi connectivity index (χ2n) is 6.60. The van der Waals surface area contributed by atoms with E-state index in [4.69, 9.17) is 4.74 Å². The number of nitrogens with one attached hydrogen (secondary N) is 2. The molecule has 1 aliphatic heterocycles. The van der Waals surface area contributed by atoms with Gasteiger partial charge in [0.2, 0.25) is 0 Å². The van der Waals surface area contributed by atoms with Gasteiger partial charge in [0.05, 0.1) is 0 Å². The number of benzene rings is 2. The number of hydrogen-bond acceptors (Lipinski definition) is 3. The Morgan fingerprint density at radius 2 is 1.74 bits per heavy atom. The molecule has 2 aromatic carbocycles. The molecule has 0 aromatic heterocycles. The number of likely N-dealkylation sites (tertiary alicyclic amines) is 1. The summed E-state index contributed by atoms with van der Waals surface area (Å²) in [6, 6.07) is 14.9. The van der Waals surface area contributed by atoms with Gasteiger partial charge < -0.3 is 20.3 Å². The lowest BCUT2D eigenvalue weighted by atomic mass is 10.1. The fraction of sp³-hybridized carbons (Fsp3) is 0.333. The van der Waals surface area contributed by atoms with Crippen LogP contribution in [-0.2, 0) is 0 Å². The Balaban J connectivity index is 1.56. The van der Waals surface area contributed by atoms with Gasteiger partial charge in [0, 0.05) is 44.2 Å². The highest BCUT2D eigenvalue weighted by atomic mass is 16.5. The first-order valence-corrected chi connectivity index (χ1v) is 9.18. The molecule has 0 unspecified atom stereocenters. The van der Waals surface area contributed by atoms with E-state index < -0.39 is 0 Å². The lowest BCUT2D eigenvalue weighted by Crippen LogP contribution is -2.43. The first-order valence-electron chi connectivity index (χ1n) is 9.18. The highest BCUT2D eigenvalue weighted by Gasteiger charge is 2.24. The third-order valence-electron chi connectivity index (χ3n) is 4.82. The van der Waals surface area contributed by atoms with Crippen molar-refractivity contribution >= 4 is 17.6 Å². The van der Waals surface area contributed by atoms with E-state index in [9.17, 15) is 9.59 Å². The molecule has 0 saturated carbocycles. The number of amides is 3. The largest absolute Gasteiger partial charge is 0.490 e. The molecular weight excluding hydrogens is 342 g/mol. The molecule has 27 heavy (non-hydrogen) atoms. The zero-order valence-electron chi connectivity index (χ0n) is 15.7. The first kappa shape index (κ1) is 18.8. The number of para-hydroxylation sites is 1. The molecular formula is C21H25N3O3. The molecule has 1 heterocycles. The topological polar surface area (TPSA) is 70.7 Å². The summed E-state index contributed by atoms with van der Waals surface area (Å²) >= 11 is 0. The molecule has 3 rings (SSSR count). The van der Waals surface area contributed by atoms with Crippen molar-refractivity contribution < 1.29 is 14.3 Å². The van der Waals surface area contributed by atoms with Gasteiger partial charge in [-0.05, 0) is 36.8 Å². The Bertz CT molecular complexity index is 800. The zero-order chi connectivity index (χ0) is 19.2. The van der Waals surface area contributed by atoms with E-state index >= 15 is 0 Å². The Morgan fingerprint density at radius 1 is 1.04 bits per heavy atom. The summed E-state index contributed by atoms with van der Waals surface area (Å²) < 4.78 is 5.97. The normalized spacial score (nSPS) is 14.5. The van der Waals surface area contributed by atoms with Gasteiger partial charge in [-0.2, -0.15) is 0 Å². The summed E-state index contributed by atoms with van der Waals surface area (Å²) in [5.74, 6) is 0.699. The average Bonchev–Trinajstić information content (AvgIpc) is 2.70. The standard InChI is InChI=1S/C21H25N3O3/c1-15-18(20(25)22-2)9-6-10-19(15)23-21(26)24-13-11-17(12-14-24)27-16-7-4-3-5-8-16/h3-10,17H,11-14H2,1-2H3,(H,22,25)(H,23,26). The Hall–Kier alpha value is -3.02. The summed E-state index contributed by atoms with van der Waals surface area (Å²) in [5.41, 5.74) is 1.97.